The standard InChI is InChI=1S/C12H18N2O4S/c1-3-18-12(15)10-11(19(16,17)4-2)14-8-6-5-7-9(14)13-10/h3-8H2,1-2H3. The molecule has 1 aliphatic heterocycles. The molecule has 0 saturated carbocycles. The number of rotatable bonds is 4. The van der Waals surface area contributed by atoms with E-state index in [0.717, 1.165) is 12.8 Å². The van der Waals surface area contributed by atoms with E-state index in [9.17, 15) is 13.2 Å². The van der Waals surface area contributed by atoms with Crippen LogP contribution in [0.4, 0.5) is 0 Å². The summed E-state index contributed by atoms with van der Waals surface area (Å²) in [6.45, 7) is 4.04. The van der Waals surface area contributed by atoms with Crippen molar-refractivity contribution in [2.75, 3.05) is 12.4 Å². The summed E-state index contributed by atoms with van der Waals surface area (Å²) < 4.78 is 31.0. The Morgan fingerprint density at radius 1 is 1.37 bits per heavy atom. The van der Waals surface area contributed by atoms with Crippen LogP contribution in [0.3, 0.4) is 0 Å². The Kier molecular flexibility index (Phi) is 3.93. The highest BCUT2D eigenvalue weighted by atomic mass is 32.2. The molecule has 0 atom stereocenters. The van der Waals surface area contributed by atoms with Crippen LogP contribution in [0.15, 0.2) is 5.03 Å². The van der Waals surface area contributed by atoms with Gasteiger partial charge in [0, 0.05) is 13.0 Å². The summed E-state index contributed by atoms with van der Waals surface area (Å²) in [5.41, 5.74) is -0.0550. The number of esters is 1. The minimum atomic E-state index is -3.49. The summed E-state index contributed by atoms with van der Waals surface area (Å²) in [6.07, 6.45) is 2.56. The molecule has 6 nitrogen and oxygen atoms in total. The van der Waals surface area contributed by atoms with E-state index in [2.05, 4.69) is 4.98 Å². The van der Waals surface area contributed by atoms with Gasteiger partial charge < -0.3 is 9.30 Å². The average Bonchev–Trinajstić information content (AvgIpc) is 2.79. The summed E-state index contributed by atoms with van der Waals surface area (Å²) in [5.74, 6) is -0.0392. The minimum absolute atomic E-state index is 0.0307. The molecule has 0 saturated heterocycles. The number of hydrogen-bond acceptors (Lipinski definition) is 5. The number of fused-ring (bicyclic) bond motifs is 1. The number of aryl methyl sites for hydroxylation is 1. The smallest absolute Gasteiger partial charge is 0.359 e. The molecular weight excluding hydrogens is 268 g/mol. The second kappa shape index (κ2) is 5.32. The van der Waals surface area contributed by atoms with Gasteiger partial charge in [-0.05, 0) is 19.8 Å². The fourth-order valence-electron chi connectivity index (χ4n) is 2.24. The lowest BCUT2D eigenvalue weighted by molar-refractivity contribution is 0.0514. The first-order valence-corrected chi connectivity index (χ1v) is 8.15. The zero-order valence-electron chi connectivity index (χ0n) is 11.2. The Balaban J connectivity index is 2.60. The van der Waals surface area contributed by atoms with Crippen LogP contribution in [0.1, 0.15) is 43.0 Å². The van der Waals surface area contributed by atoms with Gasteiger partial charge in [-0.25, -0.2) is 18.2 Å². The molecule has 2 rings (SSSR count). The zero-order chi connectivity index (χ0) is 14.0. The van der Waals surface area contributed by atoms with Crippen molar-refractivity contribution < 1.29 is 17.9 Å². The maximum atomic E-state index is 12.2. The number of aromatic nitrogens is 2. The number of sulfone groups is 1. The van der Waals surface area contributed by atoms with Gasteiger partial charge in [0.15, 0.2) is 20.6 Å². The Morgan fingerprint density at radius 3 is 2.74 bits per heavy atom. The normalized spacial score (nSPS) is 15.1. The van der Waals surface area contributed by atoms with Gasteiger partial charge in [-0.2, -0.15) is 0 Å². The quantitative estimate of drug-likeness (QED) is 0.777. The number of carbonyl (C=O) groups excluding carboxylic acids is 1. The maximum absolute atomic E-state index is 12.2. The first-order chi connectivity index (χ1) is 9.01. The molecule has 0 N–H and O–H groups in total. The van der Waals surface area contributed by atoms with Crippen molar-refractivity contribution in [2.24, 2.45) is 0 Å². The summed E-state index contributed by atoms with van der Waals surface area (Å²) in [5, 5.41) is 0.0307. The van der Waals surface area contributed by atoms with Gasteiger partial charge in [-0.3, -0.25) is 0 Å². The van der Waals surface area contributed by atoms with Crippen molar-refractivity contribution in [3.63, 3.8) is 0 Å². The van der Waals surface area contributed by atoms with E-state index < -0.39 is 15.8 Å². The Morgan fingerprint density at radius 2 is 2.11 bits per heavy atom. The van der Waals surface area contributed by atoms with Gasteiger partial charge >= 0.3 is 5.97 Å². The van der Waals surface area contributed by atoms with E-state index in [4.69, 9.17) is 4.74 Å². The van der Waals surface area contributed by atoms with Crippen LogP contribution >= 0.6 is 0 Å². The van der Waals surface area contributed by atoms with Crippen LogP contribution in [0, 0.1) is 0 Å². The van der Waals surface area contributed by atoms with Crippen molar-refractivity contribution in [3.05, 3.63) is 11.5 Å². The molecule has 1 aromatic rings. The van der Waals surface area contributed by atoms with Crippen LogP contribution in [-0.4, -0.2) is 36.3 Å². The molecule has 106 valence electrons. The lowest BCUT2D eigenvalue weighted by atomic mass is 10.2. The molecule has 7 heteroatoms. The SMILES string of the molecule is CCOC(=O)c1nc2n(c1S(=O)(=O)CC)CCCC2. The largest absolute Gasteiger partial charge is 0.461 e. The van der Waals surface area contributed by atoms with Gasteiger partial charge in [0.25, 0.3) is 0 Å². The van der Waals surface area contributed by atoms with Crippen molar-refractivity contribution in [2.45, 2.75) is 44.7 Å². The maximum Gasteiger partial charge on any atom is 0.359 e. The predicted octanol–water partition coefficient (Wildman–Crippen LogP) is 1.19. The van der Waals surface area contributed by atoms with Crippen LogP contribution in [0.25, 0.3) is 0 Å². The van der Waals surface area contributed by atoms with E-state index in [1.807, 2.05) is 0 Å². The first kappa shape index (κ1) is 14.0. The second-order valence-electron chi connectivity index (χ2n) is 4.41. The molecule has 0 amide bonds. The van der Waals surface area contributed by atoms with Crippen LogP contribution in [0.5, 0.6) is 0 Å². The number of ether oxygens (including phenoxy) is 1. The van der Waals surface area contributed by atoms with Gasteiger partial charge in [0.2, 0.25) is 0 Å². The van der Waals surface area contributed by atoms with Crippen LogP contribution in [-0.2, 0) is 27.5 Å². The first-order valence-electron chi connectivity index (χ1n) is 6.50. The van der Waals surface area contributed by atoms with Crippen molar-refractivity contribution >= 4 is 15.8 Å². The number of hydrogen-bond donors (Lipinski definition) is 0. The highest BCUT2D eigenvalue weighted by Crippen LogP contribution is 2.25. The number of carbonyl (C=O) groups is 1. The van der Waals surface area contributed by atoms with Crippen molar-refractivity contribution in [1.29, 1.82) is 0 Å². The molecular formula is C12H18N2O4S. The minimum Gasteiger partial charge on any atom is -0.461 e. The lowest BCUT2D eigenvalue weighted by Gasteiger charge is -2.15. The highest BCUT2D eigenvalue weighted by Gasteiger charge is 2.32. The number of imidazole rings is 1. The Hall–Kier alpha value is -1.37. The molecule has 0 bridgehead atoms. The molecule has 0 aromatic carbocycles. The third kappa shape index (κ3) is 2.51. The third-order valence-electron chi connectivity index (χ3n) is 3.18. The fourth-order valence-corrected chi connectivity index (χ4v) is 3.47. The van der Waals surface area contributed by atoms with Crippen LogP contribution < -0.4 is 0 Å². The molecule has 1 aromatic heterocycles. The van der Waals surface area contributed by atoms with E-state index in [-0.39, 0.29) is 23.1 Å². The van der Waals surface area contributed by atoms with Gasteiger partial charge in [0.05, 0.1) is 12.4 Å². The molecule has 0 radical (unpaired) electrons. The van der Waals surface area contributed by atoms with Crippen molar-refractivity contribution in [3.8, 4) is 0 Å². The fraction of sp³-hybridized carbons (Fsp3) is 0.667. The average molecular weight is 286 g/mol. The van der Waals surface area contributed by atoms with E-state index in [0.29, 0.717) is 18.8 Å². The zero-order valence-corrected chi connectivity index (χ0v) is 12.0. The predicted molar refractivity (Wildman–Crippen MR) is 68.8 cm³/mol. The molecule has 0 spiro atoms. The summed E-state index contributed by atoms with van der Waals surface area (Å²) in [7, 11) is -3.49. The summed E-state index contributed by atoms with van der Waals surface area (Å²) in [6, 6.07) is 0. The molecule has 2 heterocycles. The van der Waals surface area contributed by atoms with Gasteiger partial charge in [-0.1, -0.05) is 6.92 Å². The van der Waals surface area contributed by atoms with Crippen molar-refractivity contribution in [1.82, 2.24) is 9.55 Å². The summed E-state index contributed by atoms with van der Waals surface area (Å²) >= 11 is 0. The Labute approximate surface area is 112 Å². The van der Waals surface area contributed by atoms with E-state index in [1.54, 1.807) is 18.4 Å². The molecule has 0 fully saturated rings. The number of nitrogens with zero attached hydrogens (tertiary/aromatic N) is 2. The van der Waals surface area contributed by atoms with E-state index >= 15 is 0 Å². The van der Waals surface area contributed by atoms with E-state index in [1.165, 1.54) is 0 Å². The van der Waals surface area contributed by atoms with Gasteiger partial charge in [-0.15, -0.1) is 0 Å². The van der Waals surface area contributed by atoms with Gasteiger partial charge in [0.1, 0.15) is 5.82 Å². The second-order valence-corrected chi connectivity index (χ2v) is 6.61. The lowest BCUT2D eigenvalue weighted by Crippen LogP contribution is -2.19. The van der Waals surface area contributed by atoms with Crippen LogP contribution in [0.2, 0.25) is 0 Å². The monoisotopic (exact) mass is 286 g/mol. The molecule has 1 aliphatic rings. The summed E-state index contributed by atoms with van der Waals surface area (Å²) in [4.78, 5) is 16.1. The third-order valence-corrected chi connectivity index (χ3v) is 4.94. The topological polar surface area (TPSA) is 78.3 Å². The molecule has 0 aliphatic carbocycles. The molecule has 19 heavy (non-hydrogen) atoms. The molecule has 0 unspecified atom stereocenters. The highest BCUT2D eigenvalue weighted by molar-refractivity contribution is 7.91. The Bertz CT molecular complexity index is 589.